The highest BCUT2D eigenvalue weighted by Crippen LogP contribution is 2.24. The average molecular weight is 275 g/mol. The summed E-state index contributed by atoms with van der Waals surface area (Å²) in [5, 5.41) is 3.32. The first-order valence-corrected chi connectivity index (χ1v) is 6.92. The van der Waals surface area contributed by atoms with E-state index in [9.17, 15) is 0 Å². The van der Waals surface area contributed by atoms with Crippen LogP contribution in [0.25, 0.3) is 0 Å². The summed E-state index contributed by atoms with van der Waals surface area (Å²) in [5.74, 6) is 0.693. The van der Waals surface area contributed by atoms with Gasteiger partial charge in [0.1, 0.15) is 0 Å². The quantitative estimate of drug-likeness (QED) is 0.756. The van der Waals surface area contributed by atoms with Crippen LogP contribution in [0.4, 0.5) is 17.2 Å². The third-order valence-corrected chi connectivity index (χ3v) is 3.35. The van der Waals surface area contributed by atoms with E-state index in [2.05, 4.69) is 40.6 Å². The summed E-state index contributed by atoms with van der Waals surface area (Å²) < 4.78 is 0. The number of nitrogens with two attached hydrogens (primary N) is 1. The molecule has 2 aromatic carbocycles. The maximum atomic E-state index is 5.95. The van der Waals surface area contributed by atoms with Crippen LogP contribution in [0.15, 0.2) is 72.9 Å². The minimum absolute atomic E-state index is 0.645. The molecule has 0 aliphatic heterocycles. The number of hydrogen-bond acceptors (Lipinski definition) is 3. The van der Waals surface area contributed by atoms with Crippen LogP contribution in [0.2, 0.25) is 0 Å². The van der Waals surface area contributed by atoms with E-state index in [4.69, 9.17) is 5.73 Å². The van der Waals surface area contributed by atoms with Crippen LogP contribution in [-0.4, -0.2) is 4.98 Å². The van der Waals surface area contributed by atoms with E-state index in [1.54, 1.807) is 6.20 Å². The second-order valence-electron chi connectivity index (χ2n) is 4.89. The van der Waals surface area contributed by atoms with Crippen molar-refractivity contribution in [2.45, 2.75) is 6.42 Å². The zero-order valence-electron chi connectivity index (χ0n) is 11.7. The van der Waals surface area contributed by atoms with Crippen molar-refractivity contribution < 1.29 is 0 Å². The molecule has 0 radical (unpaired) electrons. The Morgan fingerprint density at radius 2 is 1.62 bits per heavy atom. The molecule has 0 aliphatic carbocycles. The van der Waals surface area contributed by atoms with Gasteiger partial charge in [0.15, 0.2) is 5.82 Å². The number of rotatable bonds is 4. The van der Waals surface area contributed by atoms with Gasteiger partial charge in [0.05, 0.1) is 5.69 Å². The lowest BCUT2D eigenvalue weighted by atomic mass is 10.0. The Labute approximate surface area is 124 Å². The van der Waals surface area contributed by atoms with Crippen molar-refractivity contribution in [2.24, 2.45) is 0 Å². The number of pyridine rings is 1. The van der Waals surface area contributed by atoms with Crippen molar-refractivity contribution >= 4 is 17.2 Å². The molecule has 3 rings (SSSR count). The normalized spacial score (nSPS) is 10.3. The third-order valence-electron chi connectivity index (χ3n) is 3.35. The molecule has 3 heteroatoms. The summed E-state index contributed by atoms with van der Waals surface area (Å²) in [6.07, 6.45) is 2.61. The van der Waals surface area contributed by atoms with Gasteiger partial charge in [-0.3, -0.25) is 0 Å². The molecule has 3 aromatic rings. The van der Waals surface area contributed by atoms with E-state index in [0.29, 0.717) is 11.5 Å². The third kappa shape index (κ3) is 3.20. The monoisotopic (exact) mass is 275 g/mol. The van der Waals surface area contributed by atoms with Crippen molar-refractivity contribution in [3.8, 4) is 0 Å². The van der Waals surface area contributed by atoms with E-state index < -0.39 is 0 Å². The number of anilines is 3. The molecular formula is C18H17N3. The van der Waals surface area contributed by atoms with Crippen molar-refractivity contribution in [3.63, 3.8) is 0 Å². The van der Waals surface area contributed by atoms with E-state index in [1.165, 1.54) is 11.1 Å². The standard InChI is InChI=1S/C18H17N3/c19-16-10-6-12-20-18(16)21-17-11-5-4-9-15(17)13-14-7-2-1-3-8-14/h1-12H,13,19H2,(H,20,21). The van der Waals surface area contributed by atoms with Crippen LogP contribution in [0.5, 0.6) is 0 Å². The molecule has 0 aliphatic rings. The summed E-state index contributed by atoms with van der Waals surface area (Å²) in [5.41, 5.74) is 10.1. The maximum Gasteiger partial charge on any atom is 0.153 e. The molecule has 3 nitrogen and oxygen atoms in total. The Morgan fingerprint density at radius 1 is 0.857 bits per heavy atom. The fraction of sp³-hybridized carbons (Fsp3) is 0.0556. The fourth-order valence-electron chi connectivity index (χ4n) is 2.26. The van der Waals surface area contributed by atoms with Crippen LogP contribution in [0.1, 0.15) is 11.1 Å². The molecular weight excluding hydrogens is 258 g/mol. The van der Waals surface area contributed by atoms with E-state index >= 15 is 0 Å². The lowest BCUT2D eigenvalue weighted by molar-refractivity contribution is 1.19. The SMILES string of the molecule is Nc1cccnc1Nc1ccccc1Cc1ccccc1. The van der Waals surface area contributed by atoms with Crippen LogP contribution in [0.3, 0.4) is 0 Å². The molecule has 0 saturated heterocycles. The second-order valence-corrected chi connectivity index (χ2v) is 4.89. The number of aromatic nitrogens is 1. The Bertz CT molecular complexity index is 723. The summed E-state index contributed by atoms with van der Waals surface area (Å²) in [6.45, 7) is 0. The van der Waals surface area contributed by atoms with Gasteiger partial charge >= 0.3 is 0 Å². The predicted molar refractivity (Wildman–Crippen MR) is 87.6 cm³/mol. The van der Waals surface area contributed by atoms with Crippen molar-refractivity contribution in [1.29, 1.82) is 0 Å². The van der Waals surface area contributed by atoms with Gasteiger partial charge in [0, 0.05) is 11.9 Å². The molecule has 104 valence electrons. The van der Waals surface area contributed by atoms with Crippen LogP contribution in [-0.2, 0) is 6.42 Å². The predicted octanol–water partition coefficient (Wildman–Crippen LogP) is 4.00. The van der Waals surface area contributed by atoms with Gasteiger partial charge in [0.2, 0.25) is 0 Å². The van der Waals surface area contributed by atoms with E-state index in [0.717, 1.165) is 12.1 Å². The first kappa shape index (κ1) is 13.2. The lowest BCUT2D eigenvalue weighted by Gasteiger charge is -2.12. The second kappa shape index (κ2) is 6.09. The summed E-state index contributed by atoms with van der Waals surface area (Å²) in [6, 6.07) is 22.3. The van der Waals surface area contributed by atoms with Crippen molar-refractivity contribution in [1.82, 2.24) is 4.98 Å². The topological polar surface area (TPSA) is 50.9 Å². The van der Waals surface area contributed by atoms with Crippen LogP contribution in [0, 0.1) is 0 Å². The Balaban J connectivity index is 1.88. The molecule has 1 aromatic heterocycles. The fourth-order valence-corrected chi connectivity index (χ4v) is 2.26. The molecule has 21 heavy (non-hydrogen) atoms. The van der Waals surface area contributed by atoms with Gasteiger partial charge in [-0.2, -0.15) is 0 Å². The first-order chi connectivity index (χ1) is 10.3. The number of para-hydroxylation sites is 1. The van der Waals surface area contributed by atoms with Gasteiger partial charge < -0.3 is 11.1 Å². The summed E-state index contributed by atoms with van der Waals surface area (Å²) in [7, 11) is 0. The molecule has 1 heterocycles. The van der Waals surface area contributed by atoms with E-state index in [1.807, 2.05) is 36.4 Å². The lowest BCUT2D eigenvalue weighted by Crippen LogP contribution is -2.01. The summed E-state index contributed by atoms with van der Waals surface area (Å²) >= 11 is 0. The number of benzene rings is 2. The minimum Gasteiger partial charge on any atom is -0.396 e. The number of nitrogen functional groups attached to an aromatic ring is 1. The van der Waals surface area contributed by atoms with Gasteiger partial charge in [-0.25, -0.2) is 4.98 Å². The number of hydrogen-bond donors (Lipinski definition) is 2. The highest BCUT2D eigenvalue weighted by molar-refractivity contribution is 5.70. The number of nitrogens with one attached hydrogen (secondary N) is 1. The Kier molecular flexibility index (Phi) is 3.83. The van der Waals surface area contributed by atoms with Gasteiger partial charge in [-0.05, 0) is 35.7 Å². The molecule has 3 N–H and O–H groups in total. The zero-order valence-corrected chi connectivity index (χ0v) is 11.7. The smallest absolute Gasteiger partial charge is 0.153 e. The maximum absolute atomic E-state index is 5.95. The van der Waals surface area contributed by atoms with Crippen molar-refractivity contribution in [3.05, 3.63) is 84.1 Å². The zero-order chi connectivity index (χ0) is 14.5. The molecule has 0 spiro atoms. The highest BCUT2D eigenvalue weighted by atomic mass is 15.0. The minimum atomic E-state index is 0.645. The molecule has 0 atom stereocenters. The van der Waals surface area contributed by atoms with E-state index in [-0.39, 0.29) is 0 Å². The highest BCUT2D eigenvalue weighted by Gasteiger charge is 2.05. The largest absolute Gasteiger partial charge is 0.396 e. The molecule has 0 fully saturated rings. The first-order valence-electron chi connectivity index (χ1n) is 6.92. The van der Waals surface area contributed by atoms with Crippen LogP contribution >= 0.6 is 0 Å². The number of nitrogens with zero attached hydrogens (tertiary/aromatic N) is 1. The van der Waals surface area contributed by atoms with Gasteiger partial charge in [0.25, 0.3) is 0 Å². The molecule has 0 amide bonds. The van der Waals surface area contributed by atoms with Gasteiger partial charge in [-0.1, -0.05) is 48.5 Å². The van der Waals surface area contributed by atoms with Crippen LogP contribution < -0.4 is 11.1 Å². The summed E-state index contributed by atoms with van der Waals surface area (Å²) in [4.78, 5) is 4.29. The molecule has 0 unspecified atom stereocenters. The van der Waals surface area contributed by atoms with Crippen molar-refractivity contribution in [2.75, 3.05) is 11.1 Å². The Hall–Kier alpha value is -2.81. The average Bonchev–Trinajstić information content (AvgIpc) is 2.52. The van der Waals surface area contributed by atoms with Gasteiger partial charge in [-0.15, -0.1) is 0 Å². The molecule has 0 saturated carbocycles. The molecule has 0 bridgehead atoms. The Morgan fingerprint density at radius 3 is 2.43 bits per heavy atom.